The van der Waals surface area contributed by atoms with Crippen LogP contribution in [0.25, 0.3) is 6.08 Å². The van der Waals surface area contributed by atoms with E-state index in [0.717, 1.165) is 5.56 Å². The Balaban J connectivity index is 2.10. The number of nitrogens with zero attached hydrogens (tertiary/aromatic N) is 1. The molecule has 5 nitrogen and oxygen atoms in total. The number of nitriles is 1. The fourth-order valence-electron chi connectivity index (χ4n) is 2.44. The monoisotopic (exact) mass is 370 g/mol. The summed E-state index contributed by atoms with van der Waals surface area (Å²) in [6, 6.07) is 14.6. The summed E-state index contributed by atoms with van der Waals surface area (Å²) < 4.78 is 10.5. The molecule has 0 heterocycles. The molecular formula is C20H19ClN2O3. The van der Waals surface area contributed by atoms with Gasteiger partial charge < -0.3 is 14.8 Å². The van der Waals surface area contributed by atoms with Gasteiger partial charge in [0.25, 0.3) is 5.91 Å². The number of halogens is 1. The number of ether oxygens (including phenoxy) is 2. The Morgan fingerprint density at radius 2 is 1.96 bits per heavy atom. The molecule has 2 aromatic carbocycles. The van der Waals surface area contributed by atoms with E-state index >= 15 is 0 Å². The number of amides is 1. The van der Waals surface area contributed by atoms with Crippen LogP contribution in [0.5, 0.6) is 11.5 Å². The van der Waals surface area contributed by atoms with Crippen LogP contribution < -0.4 is 14.8 Å². The van der Waals surface area contributed by atoms with Gasteiger partial charge in [-0.15, -0.1) is 0 Å². The number of para-hydroxylation sites is 1. The molecule has 26 heavy (non-hydrogen) atoms. The Labute approximate surface area is 157 Å². The number of rotatable bonds is 7. The van der Waals surface area contributed by atoms with Gasteiger partial charge in [-0.2, -0.15) is 5.26 Å². The average Bonchev–Trinajstić information content (AvgIpc) is 2.66. The molecule has 0 radical (unpaired) electrons. The van der Waals surface area contributed by atoms with E-state index in [2.05, 4.69) is 5.32 Å². The third-order valence-electron chi connectivity index (χ3n) is 3.74. The van der Waals surface area contributed by atoms with Crippen LogP contribution in [0.2, 0.25) is 5.02 Å². The summed E-state index contributed by atoms with van der Waals surface area (Å²) in [5.41, 5.74) is 1.51. The molecule has 0 aromatic heterocycles. The molecule has 0 saturated carbocycles. The first-order valence-electron chi connectivity index (χ1n) is 7.95. The molecule has 2 aromatic rings. The Morgan fingerprint density at radius 3 is 2.62 bits per heavy atom. The molecule has 0 unspecified atom stereocenters. The predicted octanol–water partition coefficient (Wildman–Crippen LogP) is 3.62. The first-order chi connectivity index (χ1) is 12.6. The van der Waals surface area contributed by atoms with Gasteiger partial charge in [-0.05, 0) is 30.2 Å². The number of methoxy groups -OCH3 is 2. The highest BCUT2D eigenvalue weighted by Crippen LogP contribution is 2.32. The van der Waals surface area contributed by atoms with Gasteiger partial charge in [0.1, 0.15) is 11.6 Å². The summed E-state index contributed by atoms with van der Waals surface area (Å²) in [4.78, 5) is 12.3. The maximum Gasteiger partial charge on any atom is 0.261 e. The fourth-order valence-corrected chi connectivity index (χ4v) is 2.67. The SMILES string of the molecule is COc1cccc(/C=C(\C#N)C(=O)NCCc2ccccc2Cl)c1OC. The van der Waals surface area contributed by atoms with Crippen molar-refractivity contribution in [2.45, 2.75) is 6.42 Å². The van der Waals surface area contributed by atoms with E-state index in [1.807, 2.05) is 24.3 Å². The molecule has 0 atom stereocenters. The topological polar surface area (TPSA) is 71.3 Å². The lowest BCUT2D eigenvalue weighted by atomic mass is 10.1. The minimum Gasteiger partial charge on any atom is -0.493 e. The van der Waals surface area contributed by atoms with E-state index in [-0.39, 0.29) is 5.57 Å². The smallest absolute Gasteiger partial charge is 0.261 e. The lowest BCUT2D eigenvalue weighted by Crippen LogP contribution is -2.26. The molecular weight excluding hydrogens is 352 g/mol. The number of carbonyl (C=O) groups excluding carboxylic acids is 1. The van der Waals surface area contributed by atoms with Crippen molar-refractivity contribution in [3.05, 3.63) is 64.2 Å². The first kappa shape index (κ1) is 19.4. The normalized spacial score (nSPS) is 10.8. The maximum atomic E-state index is 12.3. The molecule has 0 saturated heterocycles. The van der Waals surface area contributed by atoms with Crippen LogP contribution in [-0.2, 0) is 11.2 Å². The van der Waals surface area contributed by atoms with E-state index in [0.29, 0.717) is 35.1 Å². The molecule has 0 bridgehead atoms. The third kappa shape index (κ3) is 4.78. The van der Waals surface area contributed by atoms with Gasteiger partial charge in [0.15, 0.2) is 11.5 Å². The molecule has 0 aliphatic rings. The average molecular weight is 371 g/mol. The predicted molar refractivity (Wildman–Crippen MR) is 101 cm³/mol. The van der Waals surface area contributed by atoms with Crippen LogP contribution >= 0.6 is 11.6 Å². The van der Waals surface area contributed by atoms with Crippen LogP contribution in [0.3, 0.4) is 0 Å². The summed E-state index contributed by atoms with van der Waals surface area (Å²) in [7, 11) is 3.03. The minimum absolute atomic E-state index is 0.0179. The zero-order valence-corrected chi connectivity index (χ0v) is 15.3. The summed E-state index contributed by atoms with van der Waals surface area (Å²) in [6.07, 6.45) is 2.05. The van der Waals surface area contributed by atoms with Gasteiger partial charge in [-0.3, -0.25) is 4.79 Å². The Hall–Kier alpha value is -2.97. The summed E-state index contributed by atoms with van der Waals surface area (Å²) in [6.45, 7) is 0.372. The number of nitrogens with one attached hydrogen (secondary N) is 1. The number of hydrogen-bond donors (Lipinski definition) is 1. The van der Waals surface area contributed by atoms with Crippen LogP contribution in [0.15, 0.2) is 48.0 Å². The molecule has 0 fully saturated rings. The Morgan fingerprint density at radius 1 is 1.19 bits per heavy atom. The highest BCUT2D eigenvalue weighted by atomic mass is 35.5. The van der Waals surface area contributed by atoms with E-state index in [4.69, 9.17) is 21.1 Å². The molecule has 2 rings (SSSR count). The van der Waals surface area contributed by atoms with Crippen molar-refractivity contribution < 1.29 is 14.3 Å². The summed E-state index contributed by atoms with van der Waals surface area (Å²) >= 11 is 6.10. The highest BCUT2D eigenvalue weighted by molar-refractivity contribution is 6.31. The first-order valence-corrected chi connectivity index (χ1v) is 8.33. The number of hydrogen-bond acceptors (Lipinski definition) is 4. The number of carbonyl (C=O) groups is 1. The van der Waals surface area contributed by atoms with E-state index in [1.165, 1.54) is 20.3 Å². The highest BCUT2D eigenvalue weighted by Gasteiger charge is 2.13. The van der Waals surface area contributed by atoms with Gasteiger partial charge in [0, 0.05) is 17.1 Å². The van der Waals surface area contributed by atoms with Crippen molar-refractivity contribution in [2.75, 3.05) is 20.8 Å². The molecule has 0 aliphatic heterocycles. The van der Waals surface area contributed by atoms with Crippen LogP contribution in [-0.4, -0.2) is 26.7 Å². The second-order valence-corrected chi connectivity index (χ2v) is 5.76. The standard InChI is InChI=1S/C20H19ClN2O3/c1-25-18-9-5-7-15(19(18)26-2)12-16(13-22)20(24)23-11-10-14-6-3-4-8-17(14)21/h3-9,12H,10-11H2,1-2H3,(H,23,24)/b16-12+. The molecule has 6 heteroatoms. The lowest BCUT2D eigenvalue weighted by Gasteiger charge is -2.10. The van der Waals surface area contributed by atoms with Crippen molar-refractivity contribution in [3.63, 3.8) is 0 Å². The molecule has 1 amide bonds. The zero-order chi connectivity index (χ0) is 18.9. The third-order valence-corrected chi connectivity index (χ3v) is 4.10. The summed E-state index contributed by atoms with van der Waals surface area (Å²) in [5.74, 6) is 0.536. The van der Waals surface area contributed by atoms with E-state index < -0.39 is 5.91 Å². The Kier molecular flexibility index (Phi) is 7.07. The number of benzene rings is 2. The van der Waals surface area contributed by atoms with E-state index in [1.54, 1.807) is 24.3 Å². The second-order valence-electron chi connectivity index (χ2n) is 5.35. The van der Waals surface area contributed by atoms with Crippen molar-refractivity contribution in [2.24, 2.45) is 0 Å². The van der Waals surface area contributed by atoms with Crippen LogP contribution in [0, 0.1) is 11.3 Å². The zero-order valence-electron chi connectivity index (χ0n) is 14.6. The Bertz CT molecular complexity index is 856. The van der Waals surface area contributed by atoms with Crippen molar-refractivity contribution in [1.82, 2.24) is 5.32 Å². The minimum atomic E-state index is -0.454. The lowest BCUT2D eigenvalue weighted by molar-refractivity contribution is -0.117. The van der Waals surface area contributed by atoms with Crippen LogP contribution in [0.4, 0.5) is 0 Å². The van der Waals surface area contributed by atoms with Gasteiger partial charge >= 0.3 is 0 Å². The van der Waals surface area contributed by atoms with E-state index in [9.17, 15) is 10.1 Å². The second kappa shape index (κ2) is 9.50. The van der Waals surface area contributed by atoms with Gasteiger partial charge in [0.2, 0.25) is 0 Å². The largest absolute Gasteiger partial charge is 0.493 e. The van der Waals surface area contributed by atoms with Gasteiger partial charge in [-0.1, -0.05) is 41.9 Å². The summed E-state index contributed by atoms with van der Waals surface area (Å²) in [5, 5.41) is 12.7. The van der Waals surface area contributed by atoms with Gasteiger partial charge in [0.05, 0.1) is 14.2 Å². The van der Waals surface area contributed by atoms with Crippen molar-refractivity contribution >= 4 is 23.6 Å². The van der Waals surface area contributed by atoms with Gasteiger partial charge in [-0.25, -0.2) is 0 Å². The fraction of sp³-hybridized carbons (Fsp3) is 0.200. The molecule has 1 N–H and O–H groups in total. The quantitative estimate of drug-likeness (QED) is 0.596. The maximum absolute atomic E-state index is 12.3. The van der Waals surface area contributed by atoms with Crippen molar-refractivity contribution in [3.8, 4) is 17.6 Å². The molecule has 134 valence electrons. The van der Waals surface area contributed by atoms with Crippen LogP contribution in [0.1, 0.15) is 11.1 Å². The molecule has 0 aliphatic carbocycles. The van der Waals surface area contributed by atoms with Crippen molar-refractivity contribution in [1.29, 1.82) is 5.26 Å². The molecule has 0 spiro atoms.